The van der Waals surface area contributed by atoms with Crippen LogP contribution in [0.4, 0.5) is 0 Å². The van der Waals surface area contributed by atoms with Crippen LogP contribution in [0.15, 0.2) is 0 Å². The van der Waals surface area contributed by atoms with Crippen LogP contribution >= 0.6 is 0 Å². The molecule has 78 valence electrons. The topological polar surface area (TPSA) is 70.8 Å². The summed E-state index contributed by atoms with van der Waals surface area (Å²) in [4.78, 5) is 2.36. The zero-order valence-electron chi connectivity index (χ0n) is 8.70. The van der Waals surface area contributed by atoms with Crippen molar-refractivity contribution in [1.82, 2.24) is 20.3 Å². The number of H-pyrrole nitrogens is 1. The number of hydrogen-bond donors (Lipinski definition) is 2. The van der Waals surface area contributed by atoms with Gasteiger partial charge in [-0.05, 0) is 20.3 Å². The largest absolute Gasteiger partial charge is 0.326 e. The van der Waals surface area contributed by atoms with E-state index in [4.69, 9.17) is 5.73 Å². The Morgan fingerprint density at radius 2 is 2.36 bits per heavy atom. The van der Waals surface area contributed by atoms with Gasteiger partial charge in [0.25, 0.3) is 0 Å². The van der Waals surface area contributed by atoms with E-state index in [0.717, 1.165) is 30.9 Å². The zero-order chi connectivity index (χ0) is 10.1. The molecule has 2 atom stereocenters. The number of nitrogens with zero attached hydrogens (tertiary/aromatic N) is 3. The minimum Gasteiger partial charge on any atom is -0.326 e. The van der Waals surface area contributed by atoms with Crippen molar-refractivity contribution in [3.63, 3.8) is 0 Å². The van der Waals surface area contributed by atoms with E-state index in [-0.39, 0.29) is 0 Å². The predicted molar refractivity (Wildman–Crippen MR) is 53.7 cm³/mol. The molecule has 0 spiro atoms. The molecule has 2 unspecified atom stereocenters. The Labute approximate surface area is 83.7 Å². The molecule has 1 saturated heterocycles. The van der Waals surface area contributed by atoms with Gasteiger partial charge in [-0.25, -0.2) is 0 Å². The lowest BCUT2D eigenvalue weighted by atomic mass is 10.2. The Kier molecular flexibility index (Phi) is 2.52. The van der Waals surface area contributed by atoms with Gasteiger partial charge in [0.05, 0.1) is 11.7 Å². The highest BCUT2D eigenvalue weighted by atomic mass is 15.3. The highest BCUT2D eigenvalue weighted by molar-refractivity contribution is 5.11. The van der Waals surface area contributed by atoms with Gasteiger partial charge in [-0.2, -0.15) is 15.4 Å². The fraction of sp³-hybridized carbons (Fsp3) is 0.778. The molecule has 1 aromatic heterocycles. The van der Waals surface area contributed by atoms with Gasteiger partial charge < -0.3 is 5.73 Å². The molecule has 5 nitrogen and oxygen atoms in total. The van der Waals surface area contributed by atoms with E-state index in [1.54, 1.807) is 0 Å². The molecule has 2 rings (SSSR count). The van der Waals surface area contributed by atoms with E-state index in [9.17, 15) is 0 Å². The molecule has 0 aromatic carbocycles. The van der Waals surface area contributed by atoms with Gasteiger partial charge in [-0.15, -0.1) is 0 Å². The van der Waals surface area contributed by atoms with Crippen LogP contribution in [0.25, 0.3) is 0 Å². The molecule has 14 heavy (non-hydrogen) atoms. The van der Waals surface area contributed by atoms with Gasteiger partial charge >= 0.3 is 0 Å². The van der Waals surface area contributed by atoms with Crippen LogP contribution in [0.1, 0.15) is 30.8 Å². The number of aryl methyl sites for hydroxylation is 1. The van der Waals surface area contributed by atoms with Crippen LogP contribution in [0.5, 0.6) is 0 Å². The molecule has 0 radical (unpaired) electrons. The number of nitrogens with two attached hydrogens (primary N) is 1. The van der Waals surface area contributed by atoms with Crippen molar-refractivity contribution in [2.24, 2.45) is 5.73 Å². The summed E-state index contributed by atoms with van der Waals surface area (Å²) in [6.45, 7) is 6.16. The summed E-state index contributed by atoms with van der Waals surface area (Å²) in [5.74, 6) is 0. The lowest BCUT2D eigenvalue weighted by molar-refractivity contribution is 0.254. The highest BCUT2D eigenvalue weighted by Crippen LogP contribution is 2.23. The van der Waals surface area contributed by atoms with Gasteiger partial charge in [-0.3, -0.25) is 4.90 Å². The van der Waals surface area contributed by atoms with E-state index >= 15 is 0 Å². The smallest absolute Gasteiger partial charge is 0.102 e. The monoisotopic (exact) mass is 195 g/mol. The number of nitrogens with one attached hydrogen (secondary N) is 1. The SMILES string of the molecule is Cc1n[nH]nc1C(C)N1CCC(N)C1. The van der Waals surface area contributed by atoms with Crippen LogP contribution in [-0.4, -0.2) is 39.4 Å². The van der Waals surface area contributed by atoms with Gasteiger partial charge in [-0.1, -0.05) is 0 Å². The molecule has 5 heteroatoms. The fourth-order valence-electron chi connectivity index (χ4n) is 2.03. The Balaban J connectivity index is 2.09. The van der Waals surface area contributed by atoms with Crippen molar-refractivity contribution in [1.29, 1.82) is 0 Å². The first-order chi connectivity index (χ1) is 6.68. The maximum absolute atomic E-state index is 5.87. The molecule has 0 saturated carbocycles. The van der Waals surface area contributed by atoms with Crippen LogP contribution in [0.2, 0.25) is 0 Å². The molecule has 2 heterocycles. The van der Waals surface area contributed by atoms with Gasteiger partial charge in [0.1, 0.15) is 5.69 Å². The van der Waals surface area contributed by atoms with Crippen molar-refractivity contribution >= 4 is 0 Å². The second-order valence-electron chi connectivity index (χ2n) is 4.01. The van der Waals surface area contributed by atoms with Crippen molar-refractivity contribution in [2.75, 3.05) is 13.1 Å². The first-order valence-electron chi connectivity index (χ1n) is 5.05. The molecule has 0 bridgehead atoms. The van der Waals surface area contributed by atoms with Gasteiger partial charge in [0.2, 0.25) is 0 Å². The van der Waals surface area contributed by atoms with Crippen LogP contribution < -0.4 is 5.73 Å². The molecule has 1 fully saturated rings. The quantitative estimate of drug-likeness (QED) is 0.707. The summed E-state index contributed by atoms with van der Waals surface area (Å²) in [5, 5.41) is 10.9. The van der Waals surface area contributed by atoms with E-state index in [2.05, 4.69) is 27.2 Å². The van der Waals surface area contributed by atoms with Crippen molar-refractivity contribution in [3.8, 4) is 0 Å². The first kappa shape index (κ1) is 9.61. The molecule has 1 aliphatic heterocycles. The standard InChI is InChI=1S/C9H17N5/c1-6-9(12-13-11-6)7(2)14-4-3-8(10)5-14/h7-8H,3-5,10H2,1-2H3,(H,11,12,13). The van der Waals surface area contributed by atoms with E-state index in [1.807, 2.05) is 6.92 Å². The first-order valence-corrected chi connectivity index (χ1v) is 5.05. The molecular weight excluding hydrogens is 178 g/mol. The molecule has 0 amide bonds. The molecule has 3 N–H and O–H groups in total. The summed E-state index contributed by atoms with van der Waals surface area (Å²) < 4.78 is 0. The summed E-state index contributed by atoms with van der Waals surface area (Å²) in [6.07, 6.45) is 1.08. The third-order valence-electron chi connectivity index (χ3n) is 2.96. The van der Waals surface area contributed by atoms with Crippen LogP contribution in [0.3, 0.4) is 0 Å². The fourth-order valence-corrected chi connectivity index (χ4v) is 2.03. The van der Waals surface area contributed by atoms with E-state index in [1.165, 1.54) is 0 Å². The normalized spacial score (nSPS) is 25.5. The third-order valence-corrected chi connectivity index (χ3v) is 2.96. The van der Waals surface area contributed by atoms with Crippen molar-refractivity contribution in [3.05, 3.63) is 11.4 Å². The highest BCUT2D eigenvalue weighted by Gasteiger charge is 2.26. The second kappa shape index (κ2) is 3.67. The number of aromatic nitrogens is 3. The maximum Gasteiger partial charge on any atom is 0.102 e. The summed E-state index contributed by atoms with van der Waals surface area (Å²) in [7, 11) is 0. The van der Waals surface area contributed by atoms with E-state index in [0.29, 0.717) is 12.1 Å². The Hall–Kier alpha value is -0.940. The lowest BCUT2D eigenvalue weighted by Gasteiger charge is -2.22. The summed E-state index contributed by atoms with van der Waals surface area (Å²) in [5.41, 5.74) is 7.89. The maximum atomic E-state index is 5.87. The van der Waals surface area contributed by atoms with Crippen molar-refractivity contribution in [2.45, 2.75) is 32.4 Å². The van der Waals surface area contributed by atoms with Gasteiger partial charge in [0.15, 0.2) is 0 Å². The Morgan fingerprint density at radius 3 is 2.86 bits per heavy atom. The third kappa shape index (κ3) is 1.65. The summed E-state index contributed by atoms with van der Waals surface area (Å²) in [6, 6.07) is 0.645. The predicted octanol–water partition coefficient (Wildman–Crippen LogP) is 0.207. The van der Waals surface area contributed by atoms with Gasteiger partial charge in [0, 0.05) is 19.1 Å². The average molecular weight is 195 g/mol. The molecular formula is C9H17N5. The number of rotatable bonds is 2. The number of aromatic amines is 1. The average Bonchev–Trinajstić information content (AvgIpc) is 2.73. The Bertz CT molecular complexity index is 308. The van der Waals surface area contributed by atoms with Crippen molar-refractivity contribution < 1.29 is 0 Å². The van der Waals surface area contributed by atoms with E-state index < -0.39 is 0 Å². The molecule has 0 aliphatic carbocycles. The van der Waals surface area contributed by atoms with Crippen LogP contribution in [0, 0.1) is 6.92 Å². The molecule has 1 aliphatic rings. The minimum absolute atomic E-state index is 0.322. The lowest BCUT2D eigenvalue weighted by Crippen LogP contribution is -2.29. The Morgan fingerprint density at radius 1 is 1.57 bits per heavy atom. The number of hydrogen-bond acceptors (Lipinski definition) is 4. The van der Waals surface area contributed by atoms with Crippen LogP contribution in [-0.2, 0) is 0 Å². The zero-order valence-corrected chi connectivity index (χ0v) is 8.70. The number of likely N-dealkylation sites (tertiary alicyclic amines) is 1. The minimum atomic E-state index is 0.322. The second-order valence-corrected chi connectivity index (χ2v) is 4.01. The summed E-state index contributed by atoms with van der Waals surface area (Å²) >= 11 is 0. The molecule has 1 aromatic rings.